The smallest absolute Gasteiger partial charge is 0.244 e. The summed E-state index contributed by atoms with van der Waals surface area (Å²) < 4.78 is 10.6. The van der Waals surface area contributed by atoms with Crippen molar-refractivity contribution >= 4 is 23.7 Å². The van der Waals surface area contributed by atoms with Crippen LogP contribution in [-0.2, 0) is 10.5 Å². The van der Waals surface area contributed by atoms with Crippen molar-refractivity contribution in [1.29, 1.82) is 0 Å². The van der Waals surface area contributed by atoms with Crippen LogP contribution in [0.2, 0.25) is 0 Å². The molecule has 0 radical (unpaired) electrons. The maximum atomic E-state index is 11.9. The minimum Gasteiger partial charge on any atom is -0.454 e. The van der Waals surface area contributed by atoms with Crippen LogP contribution in [0.3, 0.4) is 0 Å². The van der Waals surface area contributed by atoms with Gasteiger partial charge in [0.05, 0.1) is 0 Å². The van der Waals surface area contributed by atoms with E-state index in [9.17, 15) is 4.79 Å². The highest BCUT2D eigenvalue weighted by Crippen LogP contribution is 2.32. The number of aryl methyl sites for hydroxylation is 1. The van der Waals surface area contributed by atoms with Gasteiger partial charge in [-0.3, -0.25) is 4.79 Å². The number of carbonyl (C=O) groups is 1. The first kappa shape index (κ1) is 17.4. The van der Waals surface area contributed by atoms with Crippen LogP contribution in [-0.4, -0.2) is 25.0 Å². The highest BCUT2D eigenvalue weighted by molar-refractivity contribution is 7.98. The lowest BCUT2D eigenvalue weighted by Gasteiger charge is -2.05. The van der Waals surface area contributed by atoms with Crippen molar-refractivity contribution < 1.29 is 14.3 Å². The average Bonchev–Trinajstić information content (AvgIpc) is 3.09. The van der Waals surface area contributed by atoms with Gasteiger partial charge in [-0.1, -0.05) is 30.3 Å². The summed E-state index contributed by atoms with van der Waals surface area (Å²) in [5.74, 6) is 3.23. The summed E-state index contributed by atoms with van der Waals surface area (Å²) in [7, 11) is 0. The number of amides is 1. The summed E-state index contributed by atoms with van der Waals surface area (Å²) in [6.45, 7) is 3.03. The van der Waals surface area contributed by atoms with Gasteiger partial charge in [-0.2, -0.15) is 11.8 Å². The third kappa shape index (κ3) is 5.03. The van der Waals surface area contributed by atoms with Crippen molar-refractivity contribution in [3.05, 3.63) is 65.2 Å². The molecular formula is C20H21NO3S. The maximum Gasteiger partial charge on any atom is 0.244 e. The van der Waals surface area contributed by atoms with Crippen LogP contribution >= 0.6 is 11.8 Å². The van der Waals surface area contributed by atoms with Gasteiger partial charge in [0.15, 0.2) is 11.5 Å². The number of fused-ring (bicyclic) bond motifs is 1. The molecule has 25 heavy (non-hydrogen) atoms. The van der Waals surface area contributed by atoms with E-state index in [-0.39, 0.29) is 12.7 Å². The molecule has 0 saturated heterocycles. The van der Waals surface area contributed by atoms with E-state index in [0.717, 1.165) is 28.6 Å². The Balaban J connectivity index is 1.37. The van der Waals surface area contributed by atoms with Crippen molar-refractivity contribution in [3.8, 4) is 11.5 Å². The quantitative estimate of drug-likeness (QED) is 0.606. The van der Waals surface area contributed by atoms with Gasteiger partial charge in [0.2, 0.25) is 12.7 Å². The molecule has 0 aromatic heterocycles. The lowest BCUT2D eigenvalue weighted by atomic mass is 10.1. The zero-order valence-electron chi connectivity index (χ0n) is 14.2. The van der Waals surface area contributed by atoms with Gasteiger partial charge in [0, 0.05) is 24.1 Å². The Kier molecular flexibility index (Phi) is 6.01. The molecule has 130 valence electrons. The second kappa shape index (κ2) is 8.62. The zero-order valence-corrected chi connectivity index (χ0v) is 15.0. The molecule has 0 atom stereocenters. The molecular weight excluding hydrogens is 334 g/mol. The Hall–Kier alpha value is -2.40. The van der Waals surface area contributed by atoms with Crippen molar-refractivity contribution in [2.45, 2.75) is 12.7 Å². The van der Waals surface area contributed by atoms with Crippen molar-refractivity contribution in [2.75, 3.05) is 19.1 Å². The number of carbonyl (C=O) groups excluding carboxylic acids is 1. The van der Waals surface area contributed by atoms with Gasteiger partial charge in [0.25, 0.3) is 0 Å². The van der Waals surface area contributed by atoms with E-state index in [2.05, 4.69) is 36.5 Å². The molecule has 4 nitrogen and oxygen atoms in total. The summed E-state index contributed by atoms with van der Waals surface area (Å²) in [4.78, 5) is 11.9. The molecule has 2 aromatic rings. The van der Waals surface area contributed by atoms with E-state index >= 15 is 0 Å². The Labute approximate surface area is 152 Å². The first-order valence-electron chi connectivity index (χ1n) is 8.20. The second-order valence-corrected chi connectivity index (χ2v) is 6.82. The predicted molar refractivity (Wildman–Crippen MR) is 102 cm³/mol. The highest BCUT2D eigenvalue weighted by atomic mass is 32.2. The molecule has 0 aliphatic carbocycles. The number of hydrogen-bond acceptors (Lipinski definition) is 4. The minimum atomic E-state index is -0.0887. The molecule has 1 aliphatic heterocycles. The van der Waals surface area contributed by atoms with E-state index < -0.39 is 0 Å². The Morgan fingerprint density at radius 3 is 2.92 bits per heavy atom. The highest BCUT2D eigenvalue weighted by Gasteiger charge is 2.12. The summed E-state index contributed by atoms with van der Waals surface area (Å²) in [6, 6.07) is 14.0. The summed E-state index contributed by atoms with van der Waals surface area (Å²) in [5.41, 5.74) is 3.57. The van der Waals surface area contributed by atoms with Crippen LogP contribution in [0.25, 0.3) is 6.08 Å². The molecule has 0 bridgehead atoms. The fraction of sp³-hybridized carbons (Fsp3) is 0.250. The summed E-state index contributed by atoms with van der Waals surface area (Å²) in [5, 5.41) is 2.90. The fourth-order valence-corrected chi connectivity index (χ4v) is 3.38. The SMILES string of the molecule is Cc1ccccc1CSCCNC(=O)C=Cc1ccc2c(c1)OCO2. The van der Waals surface area contributed by atoms with Crippen LogP contribution in [0.15, 0.2) is 48.5 Å². The second-order valence-electron chi connectivity index (χ2n) is 5.72. The molecule has 1 aliphatic rings. The van der Waals surface area contributed by atoms with E-state index in [0.29, 0.717) is 6.54 Å². The van der Waals surface area contributed by atoms with Crippen molar-refractivity contribution in [1.82, 2.24) is 5.32 Å². The van der Waals surface area contributed by atoms with E-state index in [1.165, 1.54) is 11.1 Å². The Bertz CT molecular complexity index is 773. The first-order valence-corrected chi connectivity index (χ1v) is 9.35. The number of nitrogens with one attached hydrogen (secondary N) is 1. The van der Waals surface area contributed by atoms with Gasteiger partial charge >= 0.3 is 0 Å². The molecule has 1 heterocycles. The number of thioether (sulfide) groups is 1. The van der Waals surface area contributed by atoms with Crippen LogP contribution in [0.1, 0.15) is 16.7 Å². The van der Waals surface area contributed by atoms with Crippen LogP contribution in [0.5, 0.6) is 11.5 Å². The molecule has 5 heteroatoms. The predicted octanol–water partition coefficient (Wildman–Crippen LogP) is 3.79. The summed E-state index contributed by atoms with van der Waals surface area (Å²) in [6.07, 6.45) is 3.32. The van der Waals surface area contributed by atoms with Crippen LogP contribution in [0, 0.1) is 6.92 Å². The molecule has 2 aromatic carbocycles. The monoisotopic (exact) mass is 355 g/mol. The minimum absolute atomic E-state index is 0.0887. The topological polar surface area (TPSA) is 47.6 Å². The number of rotatable bonds is 7. The number of ether oxygens (including phenoxy) is 2. The molecule has 0 spiro atoms. The van der Waals surface area contributed by atoms with Crippen molar-refractivity contribution in [2.24, 2.45) is 0 Å². The van der Waals surface area contributed by atoms with Crippen LogP contribution in [0.4, 0.5) is 0 Å². The lowest BCUT2D eigenvalue weighted by Crippen LogP contribution is -2.23. The van der Waals surface area contributed by atoms with Gasteiger partial charge in [0.1, 0.15) is 0 Å². The average molecular weight is 355 g/mol. The van der Waals surface area contributed by atoms with E-state index in [4.69, 9.17) is 9.47 Å². The zero-order chi connectivity index (χ0) is 17.5. The molecule has 1 amide bonds. The molecule has 3 rings (SSSR count). The normalized spacial score (nSPS) is 12.5. The van der Waals surface area contributed by atoms with Crippen LogP contribution < -0.4 is 14.8 Å². The molecule has 0 unspecified atom stereocenters. The fourth-order valence-electron chi connectivity index (χ4n) is 2.45. The molecule has 0 fully saturated rings. The van der Waals surface area contributed by atoms with E-state index in [1.54, 1.807) is 12.2 Å². The largest absolute Gasteiger partial charge is 0.454 e. The van der Waals surface area contributed by atoms with E-state index in [1.807, 2.05) is 30.0 Å². The van der Waals surface area contributed by atoms with Gasteiger partial charge in [-0.25, -0.2) is 0 Å². The Morgan fingerprint density at radius 2 is 2.04 bits per heavy atom. The van der Waals surface area contributed by atoms with Crippen molar-refractivity contribution in [3.63, 3.8) is 0 Å². The lowest BCUT2D eigenvalue weighted by molar-refractivity contribution is -0.116. The molecule has 0 saturated carbocycles. The molecule has 1 N–H and O–H groups in total. The standard InChI is InChI=1S/C20H21NO3S/c1-15-4-2-3-5-17(15)13-25-11-10-21-20(22)9-7-16-6-8-18-19(12-16)24-14-23-18/h2-9,12H,10-11,13-14H2,1H3,(H,21,22). The van der Waals surface area contributed by atoms with Gasteiger partial charge in [-0.15, -0.1) is 0 Å². The maximum absolute atomic E-state index is 11.9. The third-order valence-electron chi connectivity index (χ3n) is 3.89. The van der Waals surface area contributed by atoms with Gasteiger partial charge in [-0.05, 0) is 41.8 Å². The van der Waals surface area contributed by atoms with Gasteiger partial charge < -0.3 is 14.8 Å². The Morgan fingerprint density at radius 1 is 1.20 bits per heavy atom. The first-order chi connectivity index (χ1) is 12.2. The number of hydrogen-bond donors (Lipinski definition) is 1. The third-order valence-corrected chi connectivity index (χ3v) is 4.90. The summed E-state index contributed by atoms with van der Waals surface area (Å²) >= 11 is 1.82. The number of benzene rings is 2.